The first kappa shape index (κ1) is 19.9. The lowest BCUT2D eigenvalue weighted by molar-refractivity contribution is -0.116. The molecule has 1 aromatic carbocycles. The highest BCUT2D eigenvalue weighted by Gasteiger charge is 2.25. The number of aromatic amines is 1. The standard InChI is InChI=1S/C19H23ClN6O2/c1-11(21)17-23-18(12(2)24(17)3)25(4)19(28)26(10-27)9-13-8-14-15(20)6-5-7-16(14)22-13/h5-8,10-11,22H,9,21H2,1-4H3. The Labute approximate surface area is 167 Å². The van der Waals surface area contributed by atoms with Gasteiger partial charge in [-0.1, -0.05) is 17.7 Å². The van der Waals surface area contributed by atoms with E-state index in [0.717, 1.165) is 21.5 Å². The highest BCUT2D eigenvalue weighted by molar-refractivity contribution is 6.35. The molecule has 0 aliphatic heterocycles. The summed E-state index contributed by atoms with van der Waals surface area (Å²) in [7, 11) is 3.43. The predicted molar refractivity (Wildman–Crippen MR) is 109 cm³/mol. The number of aromatic nitrogens is 3. The third-order valence-electron chi connectivity index (χ3n) is 4.78. The molecule has 0 fully saturated rings. The number of hydrogen-bond acceptors (Lipinski definition) is 4. The lowest BCUT2D eigenvalue weighted by atomic mass is 10.2. The second kappa shape index (κ2) is 7.65. The smallest absolute Gasteiger partial charge is 0.332 e. The second-order valence-corrected chi connectivity index (χ2v) is 7.20. The highest BCUT2D eigenvalue weighted by Crippen LogP contribution is 2.25. The number of amides is 3. The zero-order chi connectivity index (χ0) is 20.6. The van der Waals surface area contributed by atoms with Gasteiger partial charge in [0.15, 0.2) is 5.82 Å². The first-order chi connectivity index (χ1) is 13.2. The average Bonchev–Trinajstić information content (AvgIpc) is 3.21. The molecule has 3 amide bonds. The largest absolute Gasteiger partial charge is 0.357 e. The Morgan fingerprint density at radius 2 is 2.18 bits per heavy atom. The Morgan fingerprint density at radius 3 is 2.75 bits per heavy atom. The maximum absolute atomic E-state index is 12.9. The fourth-order valence-electron chi connectivity index (χ4n) is 3.19. The molecule has 0 saturated carbocycles. The van der Waals surface area contributed by atoms with Crippen molar-refractivity contribution in [2.24, 2.45) is 12.8 Å². The van der Waals surface area contributed by atoms with Gasteiger partial charge in [-0.05, 0) is 32.0 Å². The van der Waals surface area contributed by atoms with Crippen LogP contribution in [0.15, 0.2) is 24.3 Å². The van der Waals surface area contributed by atoms with Gasteiger partial charge in [-0.2, -0.15) is 0 Å². The molecule has 0 saturated heterocycles. The molecule has 0 aliphatic rings. The topological polar surface area (TPSA) is 100 Å². The Kier molecular flexibility index (Phi) is 5.44. The van der Waals surface area contributed by atoms with Gasteiger partial charge in [-0.3, -0.25) is 14.6 Å². The number of benzene rings is 1. The van der Waals surface area contributed by atoms with Gasteiger partial charge in [0.1, 0.15) is 5.82 Å². The average molecular weight is 403 g/mol. The molecule has 0 aliphatic carbocycles. The second-order valence-electron chi connectivity index (χ2n) is 6.80. The van der Waals surface area contributed by atoms with Gasteiger partial charge in [0.2, 0.25) is 6.41 Å². The minimum Gasteiger partial charge on any atom is -0.357 e. The molecule has 1 atom stereocenters. The maximum atomic E-state index is 12.9. The molecular formula is C19H23ClN6O2. The quantitative estimate of drug-likeness (QED) is 0.640. The van der Waals surface area contributed by atoms with E-state index < -0.39 is 6.03 Å². The monoisotopic (exact) mass is 402 g/mol. The van der Waals surface area contributed by atoms with Gasteiger partial charge in [-0.25, -0.2) is 9.78 Å². The number of carbonyl (C=O) groups excluding carboxylic acids is 2. The van der Waals surface area contributed by atoms with Gasteiger partial charge in [0.25, 0.3) is 0 Å². The van der Waals surface area contributed by atoms with Crippen LogP contribution in [0.25, 0.3) is 10.9 Å². The van der Waals surface area contributed by atoms with E-state index in [4.69, 9.17) is 17.3 Å². The van der Waals surface area contributed by atoms with Crippen LogP contribution in [-0.4, -0.2) is 38.9 Å². The SMILES string of the molecule is Cc1c(N(C)C(=O)N(C=O)Cc2cc3c(Cl)cccc3[nH]2)nc(C(C)N)n1C. The maximum Gasteiger partial charge on any atom is 0.332 e. The molecule has 8 nitrogen and oxygen atoms in total. The first-order valence-corrected chi connectivity index (χ1v) is 9.17. The molecule has 0 spiro atoms. The molecular weight excluding hydrogens is 380 g/mol. The number of urea groups is 1. The summed E-state index contributed by atoms with van der Waals surface area (Å²) in [6.07, 6.45) is 0.511. The summed E-state index contributed by atoms with van der Waals surface area (Å²) in [4.78, 5) is 34.6. The molecule has 9 heteroatoms. The summed E-state index contributed by atoms with van der Waals surface area (Å²) in [5.74, 6) is 1.13. The molecule has 3 N–H and O–H groups in total. The van der Waals surface area contributed by atoms with Crippen LogP contribution in [0, 0.1) is 6.92 Å². The number of hydrogen-bond donors (Lipinski definition) is 2. The predicted octanol–water partition coefficient (Wildman–Crippen LogP) is 3.10. The van der Waals surface area contributed by atoms with Crippen LogP contribution in [0.3, 0.4) is 0 Å². The number of anilines is 1. The number of nitrogens with one attached hydrogen (secondary N) is 1. The van der Waals surface area contributed by atoms with Crippen molar-refractivity contribution < 1.29 is 9.59 Å². The van der Waals surface area contributed by atoms with Crippen molar-refractivity contribution in [3.05, 3.63) is 46.5 Å². The van der Waals surface area contributed by atoms with Gasteiger partial charge < -0.3 is 15.3 Å². The molecule has 2 aromatic heterocycles. The van der Waals surface area contributed by atoms with E-state index in [0.29, 0.717) is 28.8 Å². The molecule has 3 rings (SSSR count). The molecule has 2 heterocycles. The summed E-state index contributed by atoms with van der Waals surface area (Å²) in [6, 6.07) is 6.58. The number of carbonyl (C=O) groups is 2. The number of nitrogens with zero attached hydrogens (tertiary/aromatic N) is 4. The number of imide groups is 1. The van der Waals surface area contributed by atoms with Gasteiger partial charge in [0.05, 0.1) is 18.3 Å². The Morgan fingerprint density at radius 1 is 1.46 bits per heavy atom. The molecule has 1 unspecified atom stereocenters. The highest BCUT2D eigenvalue weighted by atomic mass is 35.5. The van der Waals surface area contributed by atoms with Crippen LogP contribution < -0.4 is 10.6 Å². The van der Waals surface area contributed by atoms with Crippen LogP contribution in [0.2, 0.25) is 5.02 Å². The minimum atomic E-state index is -0.489. The summed E-state index contributed by atoms with van der Waals surface area (Å²) in [5, 5.41) is 1.45. The lowest BCUT2D eigenvalue weighted by Gasteiger charge is -2.22. The Balaban J connectivity index is 1.85. The van der Waals surface area contributed by atoms with Crippen molar-refractivity contribution in [2.45, 2.75) is 26.4 Å². The van der Waals surface area contributed by atoms with Crippen LogP contribution in [0.4, 0.5) is 10.6 Å². The molecule has 148 valence electrons. The van der Waals surface area contributed by atoms with Gasteiger partial charge >= 0.3 is 6.03 Å². The van der Waals surface area contributed by atoms with Crippen molar-refractivity contribution >= 4 is 40.8 Å². The zero-order valence-corrected chi connectivity index (χ0v) is 17.0. The van der Waals surface area contributed by atoms with E-state index in [-0.39, 0.29) is 12.6 Å². The molecule has 3 aromatic rings. The van der Waals surface area contributed by atoms with Crippen LogP contribution in [0.1, 0.15) is 30.2 Å². The Hall–Kier alpha value is -2.84. The molecule has 0 bridgehead atoms. The van der Waals surface area contributed by atoms with Crippen molar-refractivity contribution in [1.29, 1.82) is 0 Å². The van der Waals surface area contributed by atoms with Crippen molar-refractivity contribution in [3.63, 3.8) is 0 Å². The summed E-state index contributed by atoms with van der Waals surface area (Å²) < 4.78 is 1.84. The van der Waals surface area contributed by atoms with Crippen molar-refractivity contribution in [3.8, 4) is 0 Å². The Bertz CT molecular complexity index is 1040. The third-order valence-corrected chi connectivity index (χ3v) is 5.11. The fraction of sp³-hybridized carbons (Fsp3) is 0.316. The summed E-state index contributed by atoms with van der Waals surface area (Å²) in [6.45, 7) is 3.76. The van der Waals surface area contributed by atoms with E-state index in [9.17, 15) is 9.59 Å². The van der Waals surface area contributed by atoms with E-state index in [1.807, 2.05) is 43.7 Å². The van der Waals surface area contributed by atoms with Gasteiger partial charge in [-0.15, -0.1) is 0 Å². The number of H-pyrrole nitrogens is 1. The van der Waals surface area contributed by atoms with Crippen molar-refractivity contribution in [2.75, 3.05) is 11.9 Å². The number of rotatable bonds is 5. The lowest BCUT2D eigenvalue weighted by Crippen LogP contribution is -2.40. The number of nitrogens with two attached hydrogens (primary N) is 1. The number of halogens is 1. The summed E-state index contributed by atoms with van der Waals surface area (Å²) >= 11 is 6.19. The minimum absolute atomic E-state index is 0.0870. The number of imidazole rings is 1. The number of fused-ring (bicyclic) bond motifs is 1. The normalized spacial score (nSPS) is 12.2. The van der Waals surface area contributed by atoms with E-state index in [1.54, 1.807) is 13.1 Å². The van der Waals surface area contributed by atoms with Gasteiger partial charge in [0, 0.05) is 35.7 Å². The zero-order valence-electron chi connectivity index (χ0n) is 16.2. The van der Waals surface area contributed by atoms with E-state index >= 15 is 0 Å². The third kappa shape index (κ3) is 3.48. The van der Waals surface area contributed by atoms with E-state index in [2.05, 4.69) is 9.97 Å². The first-order valence-electron chi connectivity index (χ1n) is 8.79. The van der Waals surface area contributed by atoms with Crippen LogP contribution in [-0.2, 0) is 18.4 Å². The molecule has 28 heavy (non-hydrogen) atoms. The van der Waals surface area contributed by atoms with E-state index in [1.165, 1.54) is 4.90 Å². The fourth-order valence-corrected chi connectivity index (χ4v) is 3.42. The summed E-state index contributed by atoms with van der Waals surface area (Å²) in [5.41, 5.74) is 8.27. The van der Waals surface area contributed by atoms with Crippen LogP contribution >= 0.6 is 11.6 Å². The molecule has 0 radical (unpaired) electrons. The van der Waals surface area contributed by atoms with Crippen LogP contribution in [0.5, 0.6) is 0 Å². The van der Waals surface area contributed by atoms with Crippen molar-refractivity contribution in [1.82, 2.24) is 19.4 Å².